The maximum atomic E-state index is 6.44. The number of aliphatic imine (C=N–C) groups is 1. The number of ether oxygens (including phenoxy) is 1. The van der Waals surface area contributed by atoms with Crippen molar-refractivity contribution in [2.75, 3.05) is 38.2 Å². The minimum atomic E-state index is 0.360. The molecular formula is C20H22Cl2N4O. The van der Waals surface area contributed by atoms with Crippen molar-refractivity contribution < 1.29 is 4.74 Å². The second-order valence-electron chi connectivity index (χ2n) is 6.13. The standard InChI is InChI=1S/C20H22Cl2N4O/c1-27-19-6-4-15(12-18(19)22)25-20(23)7-3-14-2-5-16(13-17(14)21)26-10-8-24-9-11-26/h2-7,12-13,24H,8-11H2,1H3,(H2,23,25)/b7-3+. The van der Waals surface area contributed by atoms with Crippen LogP contribution in [0, 0.1) is 0 Å². The molecule has 0 radical (unpaired) electrons. The number of hydrogen-bond acceptors (Lipinski definition) is 4. The van der Waals surface area contributed by atoms with Crippen molar-refractivity contribution in [3.05, 3.63) is 58.1 Å². The van der Waals surface area contributed by atoms with E-state index in [9.17, 15) is 0 Å². The minimum Gasteiger partial charge on any atom is -0.495 e. The van der Waals surface area contributed by atoms with E-state index in [0.29, 0.717) is 27.3 Å². The van der Waals surface area contributed by atoms with Gasteiger partial charge in [-0.2, -0.15) is 0 Å². The van der Waals surface area contributed by atoms with Crippen molar-refractivity contribution in [1.82, 2.24) is 5.32 Å². The van der Waals surface area contributed by atoms with Crippen molar-refractivity contribution in [3.8, 4) is 5.75 Å². The van der Waals surface area contributed by atoms with Crippen LogP contribution in [0.2, 0.25) is 10.0 Å². The molecule has 0 atom stereocenters. The number of hydrogen-bond donors (Lipinski definition) is 2. The van der Waals surface area contributed by atoms with Crippen LogP contribution in [0.4, 0.5) is 11.4 Å². The lowest BCUT2D eigenvalue weighted by Gasteiger charge is -2.29. The lowest BCUT2D eigenvalue weighted by molar-refractivity contribution is 0.415. The molecule has 7 heteroatoms. The molecule has 27 heavy (non-hydrogen) atoms. The highest BCUT2D eigenvalue weighted by molar-refractivity contribution is 6.32. The number of piperazine rings is 1. The summed E-state index contributed by atoms with van der Waals surface area (Å²) in [6.45, 7) is 3.94. The van der Waals surface area contributed by atoms with E-state index >= 15 is 0 Å². The molecule has 3 N–H and O–H groups in total. The van der Waals surface area contributed by atoms with E-state index in [0.717, 1.165) is 37.4 Å². The Kier molecular flexibility index (Phi) is 6.61. The third-order valence-electron chi connectivity index (χ3n) is 4.29. The molecular weight excluding hydrogens is 383 g/mol. The third kappa shape index (κ3) is 5.16. The van der Waals surface area contributed by atoms with Crippen LogP contribution in [0.25, 0.3) is 6.08 Å². The first-order valence-corrected chi connectivity index (χ1v) is 9.43. The summed E-state index contributed by atoms with van der Waals surface area (Å²) in [6, 6.07) is 11.3. The van der Waals surface area contributed by atoms with Gasteiger partial charge in [0.05, 0.1) is 17.8 Å². The summed E-state index contributed by atoms with van der Waals surface area (Å²) in [7, 11) is 1.57. The molecule has 0 aliphatic carbocycles. The zero-order valence-electron chi connectivity index (χ0n) is 15.1. The summed E-state index contributed by atoms with van der Waals surface area (Å²) >= 11 is 12.5. The molecule has 1 heterocycles. The Labute approximate surface area is 169 Å². The number of amidine groups is 1. The molecule has 0 unspecified atom stereocenters. The average molecular weight is 405 g/mol. The molecule has 3 rings (SSSR count). The van der Waals surface area contributed by atoms with Crippen LogP contribution in [-0.2, 0) is 0 Å². The van der Waals surface area contributed by atoms with Gasteiger partial charge >= 0.3 is 0 Å². The smallest absolute Gasteiger partial charge is 0.137 e. The highest BCUT2D eigenvalue weighted by atomic mass is 35.5. The van der Waals surface area contributed by atoms with Crippen LogP contribution in [0.1, 0.15) is 5.56 Å². The first kappa shape index (κ1) is 19.5. The van der Waals surface area contributed by atoms with E-state index in [2.05, 4.69) is 21.3 Å². The Morgan fingerprint density at radius 1 is 1.15 bits per heavy atom. The number of benzene rings is 2. The Balaban J connectivity index is 1.72. The normalized spacial score (nSPS) is 15.4. The number of nitrogens with two attached hydrogens (primary N) is 1. The molecule has 0 bridgehead atoms. The van der Waals surface area contributed by atoms with E-state index in [1.807, 2.05) is 18.2 Å². The van der Waals surface area contributed by atoms with Crippen molar-refractivity contribution in [2.24, 2.45) is 10.7 Å². The van der Waals surface area contributed by atoms with Gasteiger partial charge in [0.25, 0.3) is 0 Å². The van der Waals surface area contributed by atoms with Gasteiger partial charge in [-0.15, -0.1) is 0 Å². The number of methoxy groups -OCH3 is 1. The fourth-order valence-corrected chi connectivity index (χ4v) is 3.35. The zero-order chi connectivity index (χ0) is 19.2. The molecule has 0 saturated carbocycles. The van der Waals surface area contributed by atoms with Crippen molar-refractivity contribution in [2.45, 2.75) is 0 Å². The second-order valence-corrected chi connectivity index (χ2v) is 6.95. The maximum Gasteiger partial charge on any atom is 0.137 e. The molecule has 2 aromatic carbocycles. The number of anilines is 1. The van der Waals surface area contributed by atoms with E-state index < -0.39 is 0 Å². The molecule has 0 spiro atoms. The van der Waals surface area contributed by atoms with Gasteiger partial charge < -0.3 is 20.7 Å². The second kappa shape index (κ2) is 9.13. The van der Waals surface area contributed by atoms with E-state index in [1.54, 1.807) is 31.4 Å². The Morgan fingerprint density at radius 3 is 2.59 bits per heavy atom. The first-order valence-electron chi connectivity index (χ1n) is 8.68. The van der Waals surface area contributed by atoms with Gasteiger partial charge in [0.2, 0.25) is 0 Å². The number of nitrogens with one attached hydrogen (secondary N) is 1. The van der Waals surface area contributed by atoms with E-state index in [4.69, 9.17) is 33.7 Å². The largest absolute Gasteiger partial charge is 0.495 e. The quantitative estimate of drug-likeness (QED) is 0.581. The fourth-order valence-electron chi connectivity index (χ4n) is 2.86. The summed E-state index contributed by atoms with van der Waals surface area (Å²) in [4.78, 5) is 6.66. The van der Waals surface area contributed by atoms with E-state index in [1.165, 1.54) is 0 Å². The van der Waals surface area contributed by atoms with Crippen LogP contribution < -0.4 is 20.7 Å². The molecule has 2 aromatic rings. The first-order chi connectivity index (χ1) is 13.1. The van der Waals surface area contributed by atoms with Crippen LogP contribution in [-0.4, -0.2) is 39.1 Å². The van der Waals surface area contributed by atoms with Gasteiger partial charge in [0.1, 0.15) is 11.6 Å². The van der Waals surface area contributed by atoms with Crippen LogP contribution >= 0.6 is 23.2 Å². The molecule has 1 saturated heterocycles. The third-order valence-corrected chi connectivity index (χ3v) is 4.92. The number of halogens is 2. The zero-order valence-corrected chi connectivity index (χ0v) is 16.6. The molecule has 0 aromatic heterocycles. The van der Waals surface area contributed by atoms with E-state index in [-0.39, 0.29) is 0 Å². The lowest BCUT2D eigenvalue weighted by Crippen LogP contribution is -2.43. The highest BCUT2D eigenvalue weighted by Gasteiger charge is 2.11. The Hall–Kier alpha value is -2.21. The fraction of sp³-hybridized carbons (Fsp3) is 0.250. The van der Waals surface area contributed by atoms with Crippen molar-refractivity contribution in [1.29, 1.82) is 0 Å². The van der Waals surface area contributed by atoms with Gasteiger partial charge in [0, 0.05) is 36.9 Å². The van der Waals surface area contributed by atoms with Gasteiger partial charge in [-0.3, -0.25) is 0 Å². The molecule has 1 aliphatic heterocycles. The summed E-state index contributed by atoms with van der Waals surface area (Å²) < 4.78 is 5.13. The summed E-state index contributed by atoms with van der Waals surface area (Å²) in [6.07, 6.45) is 3.58. The lowest BCUT2D eigenvalue weighted by atomic mass is 10.1. The van der Waals surface area contributed by atoms with Crippen molar-refractivity contribution >= 4 is 46.5 Å². The number of nitrogens with zero attached hydrogens (tertiary/aromatic N) is 2. The molecule has 0 amide bonds. The molecule has 1 fully saturated rings. The summed E-state index contributed by atoms with van der Waals surface area (Å²) in [5.74, 6) is 0.958. The van der Waals surface area contributed by atoms with Gasteiger partial charge in [-0.25, -0.2) is 4.99 Å². The van der Waals surface area contributed by atoms with Gasteiger partial charge in [-0.05, 0) is 48.0 Å². The minimum absolute atomic E-state index is 0.360. The molecule has 5 nitrogen and oxygen atoms in total. The van der Waals surface area contributed by atoms with Crippen LogP contribution in [0.5, 0.6) is 5.75 Å². The SMILES string of the molecule is COc1ccc(N=C(N)/C=C/c2ccc(N3CCNCC3)cc2Cl)cc1Cl. The highest BCUT2D eigenvalue weighted by Crippen LogP contribution is 2.29. The van der Waals surface area contributed by atoms with Gasteiger partial charge in [-0.1, -0.05) is 29.3 Å². The molecule has 142 valence electrons. The van der Waals surface area contributed by atoms with Gasteiger partial charge in [0.15, 0.2) is 0 Å². The Morgan fingerprint density at radius 2 is 1.93 bits per heavy atom. The average Bonchev–Trinajstić information content (AvgIpc) is 2.68. The maximum absolute atomic E-state index is 6.44. The predicted molar refractivity (Wildman–Crippen MR) is 115 cm³/mol. The van der Waals surface area contributed by atoms with Crippen molar-refractivity contribution in [3.63, 3.8) is 0 Å². The predicted octanol–water partition coefficient (Wildman–Crippen LogP) is 4.11. The molecule has 1 aliphatic rings. The number of rotatable bonds is 5. The summed E-state index contributed by atoms with van der Waals surface area (Å²) in [5, 5.41) is 4.52. The monoisotopic (exact) mass is 404 g/mol. The van der Waals surface area contributed by atoms with Crippen LogP contribution in [0.3, 0.4) is 0 Å². The van der Waals surface area contributed by atoms with Crippen LogP contribution in [0.15, 0.2) is 47.5 Å². The summed E-state index contributed by atoms with van der Waals surface area (Å²) in [5.41, 5.74) is 8.68. The topological polar surface area (TPSA) is 62.9 Å². The Bertz CT molecular complexity index is 861.